The molecule has 4 unspecified atom stereocenters. The number of likely N-dealkylation sites (N-methyl/N-ethyl adjacent to an activating group) is 1. The van der Waals surface area contributed by atoms with Crippen molar-refractivity contribution in [1.82, 2.24) is 5.32 Å². The fraction of sp³-hybridized carbons (Fsp3) is 1.00. The van der Waals surface area contributed by atoms with Crippen LogP contribution in [0.5, 0.6) is 0 Å². The van der Waals surface area contributed by atoms with E-state index < -0.39 is 0 Å². The summed E-state index contributed by atoms with van der Waals surface area (Å²) in [6.07, 6.45) is 7.20. The van der Waals surface area contributed by atoms with E-state index in [-0.39, 0.29) is 0 Å². The molecule has 2 aliphatic rings. The second-order valence-electron chi connectivity index (χ2n) is 6.31. The average molecular weight is 239 g/mol. The molecular formula is C15H29NO. The van der Waals surface area contributed by atoms with Crippen LogP contribution >= 0.6 is 0 Å². The van der Waals surface area contributed by atoms with Crippen molar-refractivity contribution in [3.8, 4) is 0 Å². The Balaban J connectivity index is 1.98. The molecule has 1 saturated heterocycles. The fourth-order valence-electron chi connectivity index (χ4n) is 4.03. The van der Waals surface area contributed by atoms with Crippen LogP contribution in [0.1, 0.15) is 52.9 Å². The van der Waals surface area contributed by atoms with Gasteiger partial charge in [-0.1, -0.05) is 20.8 Å². The van der Waals surface area contributed by atoms with Crippen molar-refractivity contribution < 1.29 is 4.74 Å². The zero-order valence-electron chi connectivity index (χ0n) is 11.7. The van der Waals surface area contributed by atoms with Gasteiger partial charge in [-0.25, -0.2) is 0 Å². The Kier molecular flexibility index (Phi) is 4.87. The predicted octanol–water partition coefficient (Wildman–Crippen LogP) is 3.22. The van der Waals surface area contributed by atoms with Gasteiger partial charge < -0.3 is 10.1 Å². The van der Waals surface area contributed by atoms with Gasteiger partial charge in [-0.05, 0) is 56.4 Å². The van der Waals surface area contributed by atoms with Crippen molar-refractivity contribution in [2.24, 2.45) is 17.8 Å². The highest BCUT2D eigenvalue weighted by Crippen LogP contribution is 2.37. The molecule has 4 atom stereocenters. The van der Waals surface area contributed by atoms with Crippen molar-refractivity contribution in [3.05, 3.63) is 0 Å². The summed E-state index contributed by atoms with van der Waals surface area (Å²) in [5, 5.41) is 3.71. The smallest absolute Gasteiger partial charge is 0.0731 e. The van der Waals surface area contributed by atoms with Crippen LogP contribution in [0.25, 0.3) is 0 Å². The highest BCUT2D eigenvalue weighted by molar-refractivity contribution is 4.90. The molecule has 1 N–H and O–H groups in total. The Morgan fingerprint density at radius 1 is 1.18 bits per heavy atom. The third-order valence-electron chi connectivity index (χ3n) is 4.53. The number of rotatable bonds is 4. The quantitative estimate of drug-likeness (QED) is 0.813. The van der Waals surface area contributed by atoms with Crippen LogP contribution in [-0.2, 0) is 4.74 Å². The molecule has 1 aliphatic carbocycles. The summed E-state index contributed by atoms with van der Waals surface area (Å²) in [5.74, 6) is 2.62. The van der Waals surface area contributed by atoms with E-state index >= 15 is 0 Å². The van der Waals surface area contributed by atoms with E-state index in [0.29, 0.717) is 12.1 Å². The van der Waals surface area contributed by atoms with Gasteiger partial charge in [0, 0.05) is 12.6 Å². The third-order valence-corrected chi connectivity index (χ3v) is 4.53. The first-order chi connectivity index (χ1) is 8.20. The van der Waals surface area contributed by atoms with Crippen LogP contribution in [-0.4, -0.2) is 25.3 Å². The maximum absolute atomic E-state index is 5.93. The first-order valence-electron chi connectivity index (χ1n) is 7.55. The van der Waals surface area contributed by atoms with E-state index in [9.17, 15) is 0 Å². The second kappa shape index (κ2) is 6.19. The van der Waals surface area contributed by atoms with E-state index in [1.54, 1.807) is 0 Å². The summed E-state index contributed by atoms with van der Waals surface area (Å²) < 4.78 is 5.93. The van der Waals surface area contributed by atoms with Crippen LogP contribution in [0.3, 0.4) is 0 Å². The minimum absolute atomic E-state index is 0.484. The summed E-state index contributed by atoms with van der Waals surface area (Å²) in [4.78, 5) is 0. The average Bonchev–Trinajstić information content (AvgIpc) is 2.77. The molecule has 1 aliphatic heterocycles. The topological polar surface area (TPSA) is 21.3 Å². The molecule has 2 heteroatoms. The van der Waals surface area contributed by atoms with Crippen molar-refractivity contribution in [2.45, 2.75) is 65.0 Å². The van der Waals surface area contributed by atoms with Gasteiger partial charge in [0.1, 0.15) is 0 Å². The highest BCUT2D eigenvalue weighted by atomic mass is 16.5. The maximum atomic E-state index is 5.93. The minimum atomic E-state index is 0.484. The van der Waals surface area contributed by atoms with Gasteiger partial charge in [0.05, 0.1) is 6.10 Å². The minimum Gasteiger partial charge on any atom is -0.377 e. The Labute approximate surface area is 107 Å². The van der Waals surface area contributed by atoms with Gasteiger partial charge in [-0.2, -0.15) is 0 Å². The molecule has 1 heterocycles. The first-order valence-corrected chi connectivity index (χ1v) is 7.55. The number of nitrogens with one attached hydrogen (secondary N) is 1. The molecular weight excluding hydrogens is 210 g/mol. The van der Waals surface area contributed by atoms with Crippen LogP contribution < -0.4 is 5.32 Å². The number of hydrogen-bond donors (Lipinski definition) is 1. The molecule has 0 spiro atoms. The zero-order chi connectivity index (χ0) is 12.3. The van der Waals surface area contributed by atoms with Gasteiger partial charge in [0.25, 0.3) is 0 Å². The van der Waals surface area contributed by atoms with Gasteiger partial charge in [-0.15, -0.1) is 0 Å². The third kappa shape index (κ3) is 3.45. The number of hydrogen-bond acceptors (Lipinski definition) is 2. The first kappa shape index (κ1) is 13.4. The number of ether oxygens (including phenoxy) is 1. The molecule has 0 radical (unpaired) electrons. The molecule has 17 heavy (non-hydrogen) atoms. The predicted molar refractivity (Wildman–Crippen MR) is 72.1 cm³/mol. The van der Waals surface area contributed by atoms with Crippen molar-refractivity contribution in [2.75, 3.05) is 13.2 Å². The SMILES string of the molecule is CCNC(C1CC(C)CC(C)C1)C1CCCO1. The van der Waals surface area contributed by atoms with Crippen molar-refractivity contribution in [3.63, 3.8) is 0 Å². The normalized spacial score (nSPS) is 40.4. The van der Waals surface area contributed by atoms with Gasteiger partial charge in [-0.3, -0.25) is 0 Å². The summed E-state index contributed by atoms with van der Waals surface area (Å²) in [6.45, 7) is 9.11. The Morgan fingerprint density at radius 2 is 1.88 bits per heavy atom. The van der Waals surface area contributed by atoms with E-state index in [4.69, 9.17) is 4.74 Å². The molecule has 0 aromatic carbocycles. The summed E-state index contributed by atoms with van der Waals surface area (Å²) in [5.41, 5.74) is 0. The Bertz CT molecular complexity index is 215. The van der Waals surface area contributed by atoms with Crippen molar-refractivity contribution >= 4 is 0 Å². The molecule has 0 aromatic rings. The monoisotopic (exact) mass is 239 g/mol. The van der Waals surface area contributed by atoms with E-state index in [1.165, 1.54) is 32.1 Å². The highest BCUT2D eigenvalue weighted by Gasteiger charge is 2.35. The zero-order valence-corrected chi connectivity index (χ0v) is 11.7. The van der Waals surface area contributed by atoms with Gasteiger partial charge in [0.15, 0.2) is 0 Å². The van der Waals surface area contributed by atoms with Gasteiger partial charge in [0.2, 0.25) is 0 Å². The molecule has 0 aromatic heterocycles. The van der Waals surface area contributed by atoms with E-state index in [1.807, 2.05) is 0 Å². The lowest BCUT2D eigenvalue weighted by atomic mass is 9.72. The van der Waals surface area contributed by atoms with Crippen LogP contribution in [0.2, 0.25) is 0 Å². The lowest BCUT2D eigenvalue weighted by Gasteiger charge is -2.39. The standard InChI is InChI=1S/C15H29NO/c1-4-16-15(14-6-5-7-17-14)13-9-11(2)8-12(3)10-13/h11-16H,4-10H2,1-3H3. The molecule has 2 rings (SSSR count). The van der Waals surface area contributed by atoms with Crippen LogP contribution in [0.15, 0.2) is 0 Å². The van der Waals surface area contributed by atoms with E-state index in [0.717, 1.165) is 30.9 Å². The lowest BCUT2D eigenvalue weighted by molar-refractivity contribution is 0.0384. The fourth-order valence-corrected chi connectivity index (χ4v) is 4.03. The van der Waals surface area contributed by atoms with Crippen LogP contribution in [0, 0.1) is 17.8 Å². The lowest BCUT2D eigenvalue weighted by Crippen LogP contribution is -2.47. The Hall–Kier alpha value is -0.0800. The molecule has 2 nitrogen and oxygen atoms in total. The summed E-state index contributed by atoms with van der Waals surface area (Å²) in [7, 11) is 0. The second-order valence-corrected chi connectivity index (χ2v) is 6.31. The summed E-state index contributed by atoms with van der Waals surface area (Å²) in [6, 6.07) is 0.604. The summed E-state index contributed by atoms with van der Waals surface area (Å²) >= 11 is 0. The molecule has 0 bridgehead atoms. The van der Waals surface area contributed by atoms with E-state index in [2.05, 4.69) is 26.1 Å². The molecule has 0 amide bonds. The van der Waals surface area contributed by atoms with Crippen molar-refractivity contribution in [1.29, 1.82) is 0 Å². The Morgan fingerprint density at radius 3 is 2.41 bits per heavy atom. The maximum Gasteiger partial charge on any atom is 0.0731 e. The molecule has 100 valence electrons. The van der Waals surface area contributed by atoms with Crippen LogP contribution in [0.4, 0.5) is 0 Å². The van der Waals surface area contributed by atoms with Gasteiger partial charge >= 0.3 is 0 Å². The largest absolute Gasteiger partial charge is 0.377 e. The molecule has 1 saturated carbocycles. The molecule has 2 fully saturated rings.